The van der Waals surface area contributed by atoms with Gasteiger partial charge in [-0.15, -0.1) is 0 Å². The summed E-state index contributed by atoms with van der Waals surface area (Å²) < 4.78 is 20.2. The lowest BCUT2D eigenvalue weighted by Gasteiger charge is -2.11. The Balaban J connectivity index is 0.00000195. The number of nitriles is 1. The first kappa shape index (κ1) is 27.8. The number of ether oxygens (including phenoxy) is 1. The molecule has 0 bridgehead atoms. The van der Waals surface area contributed by atoms with E-state index in [0.29, 0.717) is 41.4 Å². The van der Waals surface area contributed by atoms with Crippen molar-refractivity contribution in [1.29, 1.82) is 5.26 Å². The molecule has 0 aliphatic heterocycles. The van der Waals surface area contributed by atoms with E-state index >= 15 is 0 Å². The lowest BCUT2D eigenvalue weighted by molar-refractivity contribution is 0.102. The minimum Gasteiger partial charge on any atom is -0.396 e. The largest absolute Gasteiger partial charge is 0.396 e. The van der Waals surface area contributed by atoms with Crippen molar-refractivity contribution in [2.24, 2.45) is 5.84 Å². The smallest absolute Gasteiger partial charge is 0.258 e. The Morgan fingerprint density at radius 3 is 2.45 bits per heavy atom. The van der Waals surface area contributed by atoms with Gasteiger partial charge in [-0.2, -0.15) is 5.26 Å². The number of pyridine rings is 1. The zero-order valence-electron chi connectivity index (χ0n) is 21.2. The quantitative estimate of drug-likeness (QED) is 0.177. The van der Waals surface area contributed by atoms with Crippen LogP contribution in [0.3, 0.4) is 0 Å². The third kappa shape index (κ3) is 7.13. The van der Waals surface area contributed by atoms with Crippen LogP contribution in [0, 0.1) is 17.1 Å². The highest BCUT2D eigenvalue weighted by atomic mass is 19.1. The number of amides is 1. The van der Waals surface area contributed by atoms with E-state index in [9.17, 15) is 9.18 Å². The fourth-order valence-corrected chi connectivity index (χ4v) is 3.51. The summed E-state index contributed by atoms with van der Waals surface area (Å²) in [5.41, 5.74) is 12.4. The van der Waals surface area contributed by atoms with Gasteiger partial charge in [0, 0.05) is 11.3 Å². The first-order valence-electron chi connectivity index (χ1n) is 12.0. The number of benzene rings is 3. The number of carbonyl (C=O) groups excluding carboxylic acids is 1. The van der Waals surface area contributed by atoms with Gasteiger partial charge >= 0.3 is 0 Å². The maximum atomic E-state index is 14.5. The number of carbonyl (C=O) groups is 1. The van der Waals surface area contributed by atoms with Crippen LogP contribution < -0.4 is 22.3 Å². The molecule has 0 saturated carbocycles. The van der Waals surface area contributed by atoms with E-state index < -0.39 is 11.7 Å². The summed E-state index contributed by atoms with van der Waals surface area (Å²) in [4.78, 5) is 17.1. The molecule has 6 N–H and O–H groups in total. The van der Waals surface area contributed by atoms with Gasteiger partial charge in [-0.25, -0.2) is 15.2 Å². The molecule has 4 aromatic rings. The third-order valence-electron chi connectivity index (χ3n) is 5.38. The van der Waals surface area contributed by atoms with Crippen molar-refractivity contribution >= 4 is 23.1 Å². The minimum atomic E-state index is -0.658. The van der Waals surface area contributed by atoms with Gasteiger partial charge in [0.15, 0.2) is 5.82 Å². The van der Waals surface area contributed by atoms with E-state index in [1.807, 2.05) is 38.1 Å². The number of nitrogen functional groups attached to an aromatic ring is 2. The monoisotopic (exact) mass is 512 g/mol. The lowest BCUT2D eigenvalue weighted by Crippen LogP contribution is -2.14. The van der Waals surface area contributed by atoms with E-state index in [4.69, 9.17) is 21.6 Å². The van der Waals surface area contributed by atoms with Gasteiger partial charge in [0.25, 0.3) is 5.91 Å². The van der Waals surface area contributed by atoms with Gasteiger partial charge in [0.1, 0.15) is 5.82 Å². The van der Waals surface area contributed by atoms with Crippen LogP contribution in [0.5, 0.6) is 0 Å². The molecule has 0 aliphatic carbocycles. The van der Waals surface area contributed by atoms with Crippen molar-refractivity contribution in [3.63, 3.8) is 0 Å². The molecule has 1 aromatic heterocycles. The molecule has 0 atom stereocenters. The number of anilines is 3. The van der Waals surface area contributed by atoms with Crippen LogP contribution in [0.25, 0.3) is 11.3 Å². The predicted octanol–water partition coefficient (Wildman–Crippen LogP) is 5.62. The maximum absolute atomic E-state index is 14.5. The fraction of sp³-hybridized carbons (Fsp3) is 0.138. The van der Waals surface area contributed by atoms with Crippen molar-refractivity contribution < 1.29 is 13.9 Å². The molecule has 4 rings (SSSR count). The highest BCUT2D eigenvalue weighted by Crippen LogP contribution is 2.25. The fourth-order valence-electron chi connectivity index (χ4n) is 3.51. The van der Waals surface area contributed by atoms with Crippen molar-refractivity contribution in [3.8, 4) is 17.3 Å². The molecule has 9 heteroatoms. The summed E-state index contributed by atoms with van der Waals surface area (Å²) in [7, 11) is 0. The Bertz CT molecular complexity index is 1430. The molecule has 0 aliphatic rings. The van der Waals surface area contributed by atoms with Gasteiger partial charge in [-0.05, 0) is 65.7 Å². The van der Waals surface area contributed by atoms with Crippen LogP contribution in [0.15, 0.2) is 78.9 Å². The van der Waals surface area contributed by atoms with E-state index in [-0.39, 0.29) is 11.4 Å². The van der Waals surface area contributed by atoms with Crippen LogP contribution in [0.2, 0.25) is 0 Å². The van der Waals surface area contributed by atoms with Crippen molar-refractivity contribution in [1.82, 2.24) is 4.98 Å². The SMILES string of the molecule is CC.N#Cc1cccc(COCc2ccc(NC(=O)c3cc(-c4ccc(N)c(NN)n4)ccc3F)cc2)c1. The average molecular weight is 513 g/mol. The number of rotatable bonds is 8. The van der Waals surface area contributed by atoms with Gasteiger partial charge in [0.2, 0.25) is 0 Å². The minimum absolute atomic E-state index is 0.125. The van der Waals surface area contributed by atoms with E-state index in [1.54, 1.807) is 36.4 Å². The molecule has 38 heavy (non-hydrogen) atoms. The molecule has 0 saturated heterocycles. The van der Waals surface area contributed by atoms with Crippen LogP contribution in [0.4, 0.5) is 21.6 Å². The summed E-state index contributed by atoms with van der Waals surface area (Å²) in [6.07, 6.45) is 0. The third-order valence-corrected chi connectivity index (χ3v) is 5.38. The summed E-state index contributed by atoms with van der Waals surface area (Å²) >= 11 is 0. The highest BCUT2D eigenvalue weighted by Gasteiger charge is 2.15. The van der Waals surface area contributed by atoms with Crippen LogP contribution >= 0.6 is 0 Å². The van der Waals surface area contributed by atoms with E-state index in [0.717, 1.165) is 11.1 Å². The molecule has 0 unspecified atom stereocenters. The molecular weight excluding hydrogens is 483 g/mol. The number of hydrogen-bond acceptors (Lipinski definition) is 7. The number of aromatic nitrogens is 1. The number of nitrogens with zero attached hydrogens (tertiary/aromatic N) is 2. The van der Waals surface area contributed by atoms with E-state index in [1.165, 1.54) is 18.2 Å². The van der Waals surface area contributed by atoms with Crippen molar-refractivity contribution in [3.05, 3.63) is 107 Å². The summed E-state index contributed by atoms with van der Waals surface area (Å²) in [6.45, 7) is 4.73. The Kier molecular flexibility index (Phi) is 9.88. The maximum Gasteiger partial charge on any atom is 0.258 e. The van der Waals surface area contributed by atoms with Gasteiger partial charge in [-0.3, -0.25) is 4.79 Å². The Hall–Kier alpha value is -4.78. The second-order valence-electron chi connectivity index (χ2n) is 7.93. The van der Waals surface area contributed by atoms with Crippen molar-refractivity contribution in [2.75, 3.05) is 16.5 Å². The van der Waals surface area contributed by atoms with Crippen LogP contribution in [-0.2, 0) is 18.0 Å². The summed E-state index contributed by atoms with van der Waals surface area (Å²) in [6, 6.07) is 23.8. The molecule has 1 heterocycles. The molecule has 8 nitrogen and oxygen atoms in total. The average Bonchev–Trinajstić information content (AvgIpc) is 2.95. The second-order valence-corrected chi connectivity index (χ2v) is 7.93. The number of nitrogens with one attached hydrogen (secondary N) is 2. The van der Waals surface area contributed by atoms with Gasteiger partial charge in [0.05, 0.1) is 41.8 Å². The van der Waals surface area contributed by atoms with Gasteiger partial charge in [-0.1, -0.05) is 38.1 Å². The van der Waals surface area contributed by atoms with Crippen molar-refractivity contribution in [2.45, 2.75) is 27.1 Å². The Morgan fingerprint density at radius 1 is 1.00 bits per heavy atom. The predicted molar refractivity (Wildman–Crippen MR) is 147 cm³/mol. The zero-order chi connectivity index (χ0) is 27.5. The number of halogens is 1. The molecule has 3 aromatic carbocycles. The standard InChI is InChI=1S/C27H23FN6O2.C2H6/c28-23-9-6-20(25-11-10-24(30)26(33-25)34-31)13-22(23)27(35)32-21-7-4-17(5-8-21)15-36-16-19-3-1-2-18(12-19)14-29;1-2/h1-13H,15-16,30-31H2,(H,32,35)(H,33,34);1-2H3. The van der Waals surface area contributed by atoms with Gasteiger partial charge < -0.3 is 21.2 Å². The topological polar surface area (TPSA) is 139 Å². The molecule has 1 amide bonds. The summed E-state index contributed by atoms with van der Waals surface area (Å²) in [5, 5.41) is 11.7. The molecule has 0 spiro atoms. The number of hydrogen-bond donors (Lipinski definition) is 4. The van der Waals surface area contributed by atoms with Crippen LogP contribution in [-0.4, -0.2) is 10.9 Å². The normalized spacial score (nSPS) is 10.1. The van der Waals surface area contributed by atoms with E-state index in [2.05, 4.69) is 21.8 Å². The molecule has 0 fully saturated rings. The Labute approximate surface area is 221 Å². The zero-order valence-corrected chi connectivity index (χ0v) is 21.2. The Morgan fingerprint density at radius 2 is 1.74 bits per heavy atom. The van der Waals surface area contributed by atoms with Crippen LogP contribution in [0.1, 0.15) is 40.9 Å². The molecular formula is C29H29FN6O2. The second kappa shape index (κ2) is 13.5. The first-order chi connectivity index (χ1) is 18.5. The highest BCUT2D eigenvalue weighted by molar-refractivity contribution is 6.05. The summed E-state index contributed by atoms with van der Waals surface area (Å²) in [5.74, 6) is 4.45. The number of hydrazine groups is 1. The number of nitrogens with two attached hydrogens (primary N) is 2. The molecule has 194 valence electrons. The molecule has 0 radical (unpaired) electrons. The lowest BCUT2D eigenvalue weighted by atomic mass is 10.1. The first-order valence-corrected chi connectivity index (χ1v) is 12.0.